The van der Waals surface area contributed by atoms with Crippen molar-refractivity contribution in [3.63, 3.8) is 0 Å². The molecule has 6 heteroatoms. The number of nitrogens with one attached hydrogen (secondary N) is 1. The van der Waals surface area contributed by atoms with Gasteiger partial charge in [0.05, 0.1) is 11.0 Å². The van der Waals surface area contributed by atoms with Gasteiger partial charge in [-0.3, -0.25) is 9.59 Å². The van der Waals surface area contributed by atoms with E-state index in [-0.39, 0.29) is 40.0 Å². The SMILES string of the molecule is C=C(C)[C@@H]1CC[C@]2(C(=O)NCC(=O)O)CC[C@]3(C)[C@H](CC[C@@H]4[C@@]5(C)CC=C(c6ccc(C(=O)O)cc6)C(C)(C)[C@@H]5CC[C@]43C)[C@@H]12. The number of allylic oxidation sites excluding steroid dienone is 3. The molecule has 0 spiro atoms. The highest BCUT2D eigenvalue weighted by Crippen LogP contribution is 2.77. The number of fused-ring (bicyclic) bond motifs is 7. The summed E-state index contributed by atoms with van der Waals surface area (Å²) in [5.41, 5.74) is 3.79. The van der Waals surface area contributed by atoms with Crippen molar-refractivity contribution in [1.29, 1.82) is 0 Å². The van der Waals surface area contributed by atoms with Crippen molar-refractivity contribution in [3.05, 3.63) is 53.6 Å². The average molecular weight is 616 g/mol. The van der Waals surface area contributed by atoms with E-state index in [9.17, 15) is 24.6 Å². The van der Waals surface area contributed by atoms with Crippen LogP contribution in [0.1, 0.15) is 115 Å². The normalized spacial score (nSPS) is 41.4. The molecule has 4 saturated carbocycles. The van der Waals surface area contributed by atoms with Gasteiger partial charge in [-0.2, -0.15) is 0 Å². The van der Waals surface area contributed by atoms with Crippen molar-refractivity contribution in [2.24, 2.45) is 56.7 Å². The van der Waals surface area contributed by atoms with Gasteiger partial charge in [-0.05, 0) is 139 Å². The third-order valence-electron chi connectivity index (χ3n) is 14.9. The molecule has 5 aliphatic carbocycles. The molecule has 4 fully saturated rings. The van der Waals surface area contributed by atoms with Gasteiger partial charge >= 0.3 is 11.9 Å². The topological polar surface area (TPSA) is 104 Å². The van der Waals surface area contributed by atoms with E-state index in [1.165, 1.54) is 17.6 Å². The van der Waals surface area contributed by atoms with Gasteiger partial charge < -0.3 is 15.5 Å². The summed E-state index contributed by atoms with van der Waals surface area (Å²) in [5, 5.41) is 21.6. The maximum atomic E-state index is 13.9. The van der Waals surface area contributed by atoms with Gasteiger partial charge in [-0.15, -0.1) is 0 Å². The van der Waals surface area contributed by atoms with Gasteiger partial charge in [0.25, 0.3) is 0 Å². The highest BCUT2D eigenvalue weighted by atomic mass is 16.4. The van der Waals surface area contributed by atoms with Crippen molar-refractivity contribution in [1.82, 2.24) is 5.32 Å². The maximum absolute atomic E-state index is 13.9. The molecule has 0 aromatic heterocycles. The minimum atomic E-state index is -0.991. The molecule has 0 aliphatic heterocycles. The van der Waals surface area contributed by atoms with Crippen LogP contribution in [0.2, 0.25) is 0 Å². The molecule has 9 atom stereocenters. The van der Waals surface area contributed by atoms with Crippen LogP contribution in [-0.2, 0) is 9.59 Å². The summed E-state index contributed by atoms with van der Waals surface area (Å²) in [4.78, 5) is 36.8. The number of carbonyl (C=O) groups is 3. The van der Waals surface area contributed by atoms with Crippen molar-refractivity contribution in [2.45, 2.75) is 99.3 Å². The summed E-state index contributed by atoms with van der Waals surface area (Å²) < 4.78 is 0. The fraction of sp³-hybridized carbons (Fsp3) is 0.667. The fourth-order valence-corrected chi connectivity index (χ4v) is 12.8. The van der Waals surface area contributed by atoms with E-state index in [4.69, 9.17) is 0 Å². The predicted octanol–water partition coefficient (Wildman–Crippen LogP) is 8.24. The molecule has 0 unspecified atom stereocenters. The van der Waals surface area contributed by atoms with Crippen molar-refractivity contribution in [2.75, 3.05) is 6.54 Å². The molecule has 0 bridgehead atoms. The molecule has 45 heavy (non-hydrogen) atoms. The lowest BCUT2D eigenvalue weighted by molar-refractivity contribution is -0.225. The lowest BCUT2D eigenvalue weighted by Gasteiger charge is -2.72. The molecule has 0 radical (unpaired) electrons. The predicted molar refractivity (Wildman–Crippen MR) is 176 cm³/mol. The van der Waals surface area contributed by atoms with Crippen molar-refractivity contribution < 1.29 is 24.6 Å². The maximum Gasteiger partial charge on any atom is 0.335 e. The number of aliphatic carboxylic acids is 1. The number of carbonyl (C=O) groups excluding carboxylic acids is 1. The third-order valence-corrected chi connectivity index (χ3v) is 14.9. The number of hydrogen-bond donors (Lipinski definition) is 3. The Hall–Kier alpha value is -2.89. The Morgan fingerprint density at radius 2 is 1.56 bits per heavy atom. The second kappa shape index (κ2) is 10.6. The number of rotatable bonds is 6. The summed E-state index contributed by atoms with van der Waals surface area (Å²) >= 11 is 0. The van der Waals surface area contributed by atoms with Crippen LogP contribution >= 0.6 is 0 Å². The molecule has 3 N–H and O–H groups in total. The van der Waals surface area contributed by atoms with Gasteiger partial charge in [-0.1, -0.05) is 65.0 Å². The molecule has 1 aromatic rings. The first kappa shape index (κ1) is 32.1. The zero-order valence-corrected chi connectivity index (χ0v) is 28.2. The second-order valence-electron chi connectivity index (χ2n) is 16.8. The number of hydrogen-bond acceptors (Lipinski definition) is 3. The molecule has 0 saturated heterocycles. The third kappa shape index (κ3) is 4.43. The first-order chi connectivity index (χ1) is 21.0. The number of aromatic carboxylic acids is 1. The van der Waals surface area contributed by atoms with Crippen LogP contribution in [0, 0.1) is 56.7 Å². The monoisotopic (exact) mass is 615 g/mol. The second-order valence-corrected chi connectivity index (χ2v) is 16.8. The lowest BCUT2D eigenvalue weighted by Crippen LogP contribution is -2.66. The minimum Gasteiger partial charge on any atom is -0.480 e. The fourth-order valence-electron chi connectivity index (χ4n) is 12.8. The van der Waals surface area contributed by atoms with Gasteiger partial charge in [-0.25, -0.2) is 4.79 Å². The Morgan fingerprint density at radius 1 is 0.867 bits per heavy atom. The smallest absolute Gasteiger partial charge is 0.335 e. The Bertz CT molecular complexity index is 1460. The summed E-state index contributed by atoms with van der Waals surface area (Å²) in [7, 11) is 0. The zero-order valence-electron chi connectivity index (χ0n) is 28.2. The molecule has 1 amide bonds. The Balaban J connectivity index is 1.35. The summed E-state index contributed by atoms with van der Waals surface area (Å²) in [6.07, 6.45) is 11.7. The quantitative estimate of drug-likeness (QED) is 0.280. The molecule has 244 valence electrons. The van der Waals surface area contributed by atoms with Crippen molar-refractivity contribution >= 4 is 23.4 Å². The van der Waals surface area contributed by atoms with E-state index in [1.807, 2.05) is 12.1 Å². The van der Waals surface area contributed by atoms with E-state index in [1.54, 1.807) is 12.1 Å². The summed E-state index contributed by atoms with van der Waals surface area (Å²) in [5.74, 6) is 0.0485. The molecule has 6 rings (SSSR count). The molecule has 0 heterocycles. The zero-order chi connectivity index (χ0) is 32.7. The van der Waals surface area contributed by atoms with E-state index in [0.29, 0.717) is 29.2 Å². The lowest BCUT2D eigenvalue weighted by atomic mass is 9.32. The first-order valence-electron chi connectivity index (χ1n) is 17.2. The largest absolute Gasteiger partial charge is 0.480 e. The van der Waals surface area contributed by atoms with Gasteiger partial charge in [0.15, 0.2) is 0 Å². The summed E-state index contributed by atoms with van der Waals surface area (Å²) in [6.45, 7) is 18.7. The van der Waals surface area contributed by atoms with Crippen LogP contribution in [0.15, 0.2) is 42.5 Å². The molecular weight excluding hydrogens is 562 g/mol. The summed E-state index contributed by atoms with van der Waals surface area (Å²) in [6, 6.07) is 7.43. The molecule has 6 nitrogen and oxygen atoms in total. The van der Waals surface area contributed by atoms with E-state index >= 15 is 0 Å². The number of carboxylic acid groups (broad SMARTS) is 2. The van der Waals surface area contributed by atoms with Gasteiger partial charge in [0, 0.05) is 0 Å². The van der Waals surface area contributed by atoms with E-state index in [0.717, 1.165) is 56.9 Å². The van der Waals surface area contributed by atoms with Crippen LogP contribution in [0.5, 0.6) is 0 Å². The molecule has 1 aromatic carbocycles. The average Bonchev–Trinajstić information content (AvgIpc) is 3.37. The molecule has 5 aliphatic rings. The minimum absolute atomic E-state index is 0.0444. The Kier molecular flexibility index (Phi) is 7.53. The van der Waals surface area contributed by atoms with Crippen LogP contribution in [-0.4, -0.2) is 34.6 Å². The highest BCUT2D eigenvalue weighted by molar-refractivity contribution is 5.88. The van der Waals surface area contributed by atoms with Gasteiger partial charge in [0.1, 0.15) is 6.54 Å². The number of carboxylic acids is 2. The Morgan fingerprint density at radius 3 is 2.18 bits per heavy atom. The van der Waals surface area contributed by atoms with Crippen LogP contribution in [0.4, 0.5) is 0 Å². The van der Waals surface area contributed by atoms with Crippen LogP contribution in [0.25, 0.3) is 5.57 Å². The van der Waals surface area contributed by atoms with Gasteiger partial charge in [0.2, 0.25) is 5.91 Å². The highest BCUT2D eigenvalue weighted by Gasteiger charge is 2.71. The van der Waals surface area contributed by atoms with Crippen LogP contribution < -0.4 is 5.32 Å². The van der Waals surface area contributed by atoms with E-state index in [2.05, 4.69) is 59.5 Å². The first-order valence-corrected chi connectivity index (χ1v) is 17.2. The van der Waals surface area contributed by atoms with Crippen molar-refractivity contribution in [3.8, 4) is 0 Å². The standard InChI is InChI=1S/C39H53NO5/c1-23(2)26-14-19-39(34(45)40-22-31(41)42)21-20-37(6)28(32(26)39)12-13-30-36(5)17-15-27(24-8-10-25(11-9-24)33(43)44)35(3,4)29(36)16-18-38(30,37)7/h8-11,15,26,28-30,32H,1,12-14,16-22H2,2-7H3,(H,40,45)(H,41,42)(H,43,44)/t26-,28+,29-,30+,32+,36-,37+,38+,39-/m0/s1. The van der Waals surface area contributed by atoms with E-state index < -0.39 is 17.4 Å². The van der Waals surface area contributed by atoms with Crippen LogP contribution in [0.3, 0.4) is 0 Å². The Labute approximate surface area is 269 Å². The number of benzene rings is 1. The molecular formula is C39H53NO5. The number of amides is 1.